The summed E-state index contributed by atoms with van der Waals surface area (Å²) < 4.78 is 0. The zero-order valence-corrected chi connectivity index (χ0v) is 9.46. The Bertz CT molecular complexity index is 567. The maximum atomic E-state index is 10.9. The molecule has 1 aromatic carbocycles. The molecule has 0 aliphatic heterocycles. The molecule has 0 fully saturated rings. The monoisotopic (exact) mass is 231 g/mol. The third kappa shape index (κ3) is 2.24. The van der Waals surface area contributed by atoms with Crippen LogP contribution in [-0.4, -0.2) is 15.9 Å². The minimum absolute atomic E-state index is 0.0211. The highest BCUT2D eigenvalue weighted by Crippen LogP contribution is 2.27. The quantitative estimate of drug-likeness (QED) is 0.647. The smallest absolute Gasteiger partial charge is 0.278 e. The molecule has 17 heavy (non-hydrogen) atoms. The van der Waals surface area contributed by atoms with Crippen molar-refractivity contribution >= 4 is 16.5 Å². The van der Waals surface area contributed by atoms with Gasteiger partial charge in [0, 0.05) is 24.5 Å². The summed E-state index contributed by atoms with van der Waals surface area (Å²) in [6, 6.07) is 5.10. The van der Waals surface area contributed by atoms with Crippen molar-refractivity contribution in [1.82, 2.24) is 4.98 Å². The maximum Gasteiger partial charge on any atom is 0.278 e. The number of non-ortho nitro benzene ring substituents is 1. The molecule has 0 radical (unpaired) electrons. The number of benzene rings is 1. The van der Waals surface area contributed by atoms with Crippen LogP contribution in [0, 0.1) is 10.1 Å². The summed E-state index contributed by atoms with van der Waals surface area (Å²) >= 11 is 0. The Morgan fingerprint density at radius 1 is 1.41 bits per heavy atom. The lowest BCUT2D eigenvalue weighted by atomic mass is 10.00. The lowest BCUT2D eigenvalue weighted by Gasteiger charge is -2.08. The Labute approximate surface area is 98.4 Å². The van der Waals surface area contributed by atoms with Crippen LogP contribution in [0.4, 0.5) is 5.69 Å². The number of nitrogens with two attached hydrogens (primary N) is 1. The number of rotatable bonds is 3. The molecule has 2 aromatic rings. The fourth-order valence-corrected chi connectivity index (χ4v) is 1.92. The lowest BCUT2D eigenvalue weighted by Crippen LogP contribution is -2.17. The normalized spacial score (nSPS) is 12.6. The second-order valence-corrected chi connectivity index (χ2v) is 4.10. The van der Waals surface area contributed by atoms with Crippen molar-refractivity contribution in [3.05, 3.63) is 46.3 Å². The number of nitro benzene ring substituents is 1. The minimum Gasteiger partial charge on any atom is -0.328 e. The first-order valence-electron chi connectivity index (χ1n) is 5.35. The van der Waals surface area contributed by atoms with E-state index in [0.717, 1.165) is 10.9 Å². The number of fused-ring (bicyclic) bond motifs is 1. The van der Waals surface area contributed by atoms with Crippen LogP contribution < -0.4 is 5.73 Å². The average molecular weight is 231 g/mol. The predicted molar refractivity (Wildman–Crippen MR) is 65.8 cm³/mol. The van der Waals surface area contributed by atoms with Crippen molar-refractivity contribution in [2.45, 2.75) is 19.4 Å². The second kappa shape index (κ2) is 4.47. The van der Waals surface area contributed by atoms with E-state index >= 15 is 0 Å². The highest BCUT2D eigenvalue weighted by atomic mass is 16.6. The standard InChI is InChI=1S/C12H13N3O2/c1-8(13)6-9-2-3-12(15(16)17)11-7-14-5-4-10(9)11/h2-5,7-8H,6,13H2,1H3. The van der Waals surface area contributed by atoms with Crippen LogP contribution in [0.3, 0.4) is 0 Å². The number of hydrogen-bond donors (Lipinski definition) is 1. The van der Waals surface area contributed by atoms with Gasteiger partial charge >= 0.3 is 0 Å². The molecule has 1 heterocycles. The molecular weight excluding hydrogens is 218 g/mol. The molecule has 5 heteroatoms. The van der Waals surface area contributed by atoms with Gasteiger partial charge in [-0.3, -0.25) is 15.1 Å². The van der Waals surface area contributed by atoms with Gasteiger partial charge in [-0.05, 0) is 30.4 Å². The first kappa shape index (κ1) is 11.5. The Hall–Kier alpha value is -2.01. The highest BCUT2D eigenvalue weighted by Gasteiger charge is 2.14. The largest absolute Gasteiger partial charge is 0.328 e. The Kier molecular flexibility index (Phi) is 3.01. The second-order valence-electron chi connectivity index (χ2n) is 4.10. The van der Waals surface area contributed by atoms with E-state index in [4.69, 9.17) is 5.73 Å². The van der Waals surface area contributed by atoms with Gasteiger partial charge in [0.2, 0.25) is 0 Å². The molecule has 0 saturated heterocycles. The van der Waals surface area contributed by atoms with Crippen molar-refractivity contribution < 1.29 is 4.92 Å². The van der Waals surface area contributed by atoms with E-state index in [1.807, 2.05) is 6.92 Å². The van der Waals surface area contributed by atoms with Gasteiger partial charge in [-0.25, -0.2) is 0 Å². The van der Waals surface area contributed by atoms with Crippen LogP contribution in [0.1, 0.15) is 12.5 Å². The fourth-order valence-electron chi connectivity index (χ4n) is 1.92. The SMILES string of the molecule is CC(N)Cc1ccc([N+](=O)[O-])c2cnccc12. The van der Waals surface area contributed by atoms with Gasteiger partial charge in [-0.2, -0.15) is 0 Å². The molecule has 0 aliphatic carbocycles. The van der Waals surface area contributed by atoms with E-state index in [2.05, 4.69) is 4.98 Å². The molecule has 2 N–H and O–H groups in total. The van der Waals surface area contributed by atoms with E-state index in [1.54, 1.807) is 18.3 Å². The van der Waals surface area contributed by atoms with Crippen molar-refractivity contribution in [1.29, 1.82) is 0 Å². The van der Waals surface area contributed by atoms with E-state index in [-0.39, 0.29) is 16.7 Å². The fraction of sp³-hybridized carbons (Fsp3) is 0.250. The van der Waals surface area contributed by atoms with Gasteiger partial charge in [0.15, 0.2) is 0 Å². The maximum absolute atomic E-state index is 10.9. The molecule has 1 atom stereocenters. The lowest BCUT2D eigenvalue weighted by molar-refractivity contribution is -0.383. The molecule has 0 amide bonds. The molecule has 5 nitrogen and oxygen atoms in total. The van der Waals surface area contributed by atoms with Crippen LogP contribution >= 0.6 is 0 Å². The van der Waals surface area contributed by atoms with Crippen molar-refractivity contribution in [3.8, 4) is 0 Å². The van der Waals surface area contributed by atoms with Crippen LogP contribution in [-0.2, 0) is 6.42 Å². The number of pyridine rings is 1. The number of hydrogen-bond acceptors (Lipinski definition) is 4. The Morgan fingerprint density at radius 3 is 2.82 bits per heavy atom. The predicted octanol–water partition coefficient (Wildman–Crippen LogP) is 2.03. The molecule has 2 rings (SSSR count). The van der Waals surface area contributed by atoms with Crippen LogP contribution in [0.5, 0.6) is 0 Å². The van der Waals surface area contributed by atoms with E-state index in [0.29, 0.717) is 11.8 Å². The summed E-state index contributed by atoms with van der Waals surface area (Å²) in [6.45, 7) is 1.91. The van der Waals surface area contributed by atoms with Gasteiger partial charge in [0.1, 0.15) is 0 Å². The first-order valence-corrected chi connectivity index (χ1v) is 5.35. The van der Waals surface area contributed by atoms with E-state index < -0.39 is 0 Å². The zero-order valence-electron chi connectivity index (χ0n) is 9.46. The van der Waals surface area contributed by atoms with Crippen LogP contribution in [0.25, 0.3) is 10.8 Å². The zero-order chi connectivity index (χ0) is 12.4. The van der Waals surface area contributed by atoms with Crippen molar-refractivity contribution in [2.75, 3.05) is 0 Å². The van der Waals surface area contributed by atoms with Gasteiger partial charge in [0.05, 0.1) is 10.3 Å². The van der Waals surface area contributed by atoms with Crippen molar-refractivity contribution in [2.24, 2.45) is 5.73 Å². The third-order valence-electron chi connectivity index (χ3n) is 2.62. The molecule has 0 aliphatic rings. The van der Waals surface area contributed by atoms with Crippen molar-refractivity contribution in [3.63, 3.8) is 0 Å². The number of aromatic nitrogens is 1. The van der Waals surface area contributed by atoms with Gasteiger partial charge in [0.25, 0.3) is 5.69 Å². The third-order valence-corrected chi connectivity index (χ3v) is 2.62. The summed E-state index contributed by atoms with van der Waals surface area (Å²) in [5, 5.41) is 12.3. The number of nitro groups is 1. The topological polar surface area (TPSA) is 82.0 Å². The van der Waals surface area contributed by atoms with E-state index in [1.165, 1.54) is 12.3 Å². The van der Waals surface area contributed by atoms with Crippen LogP contribution in [0.2, 0.25) is 0 Å². The van der Waals surface area contributed by atoms with Gasteiger partial charge < -0.3 is 5.73 Å². The first-order chi connectivity index (χ1) is 8.09. The molecular formula is C12H13N3O2. The van der Waals surface area contributed by atoms with Gasteiger partial charge in [-0.15, -0.1) is 0 Å². The summed E-state index contributed by atoms with van der Waals surface area (Å²) in [4.78, 5) is 14.5. The van der Waals surface area contributed by atoms with Gasteiger partial charge in [-0.1, -0.05) is 6.07 Å². The Morgan fingerprint density at radius 2 is 2.18 bits per heavy atom. The summed E-state index contributed by atoms with van der Waals surface area (Å²) in [5.74, 6) is 0. The minimum atomic E-state index is -0.389. The molecule has 1 unspecified atom stereocenters. The van der Waals surface area contributed by atoms with E-state index in [9.17, 15) is 10.1 Å². The molecule has 0 saturated carbocycles. The summed E-state index contributed by atoms with van der Waals surface area (Å²) in [5.41, 5.74) is 6.87. The number of nitrogens with zero attached hydrogens (tertiary/aromatic N) is 2. The summed E-state index contributed by atoms with van der Waals surface area (Å²) in [7, 11) is 0. The Balaban J connectivity index is 2.66. The highest BCUT2D eigenvalue weighted by molar-refractivity contribution is 5.92. The molecule has 0 spiro atoms. The average Bonchev–Trinajstić information content (AvgIpc) is 2.28. The summed E-state index contributed by atoms with van der Waals surface area (Å²) in [6.07, 6.45) is 3.85. The molecule has 0 bridgehead atoms. The molecule has 88 valence electrons. The molecule has 1 aromatic heterocycles. The van der Waals surface area contributed by atoms with Crippen LogP contribution in [0.15, 0.2) is 30.6 Å².